The summed E-state index contributed by atoms with van der Waals surface area (Å²) in [5.74, 6) is -0.0709. The lowest BCUT2D eigenvalue weighted by Gasteiger charge is -2.09. The summed E-state index contributed by atoms with van der Waals surface area (Å²) in [6.45, 7) is 6.76. The first-order valence-corrected chi connectivity index (χ1v) is 9.37. The molecule has 1 amide bonds. The first kappa shape index (κ1) is 19.5. The van der Waals surface area contributed by atoms with Crippen molar-refractivity contribution in [2.75, 3.05) is 5.32 Å². The number of amides is 1. The van der Waals surface area contributed by atoms with Gasteiger partial charge in [-0.3, -0.25) is 14.2 Å². The summed E-state index contributed by atoms with van der Waals surface area (Å²) in [6.07, 6.45) is 2.21. The third-order valence-corrected chi connectivity index (χ3v) is 4.91. The number of benzene rings is 1. The van der Waals surface area contributed by atoms with Crippen molar-refractivity contribution in [3.8, 4) is 0 Å². The van der Waals surface area contributed by atoms with Crippen molar-refractivity contribution < 1.29 is 4.79 Å². The molecule has 6 nitrogen and oxygen atoms in total. The number of carbonyl (C=O) groups excluding carboxylic acids is 1. The second-order valence-corrected chi connectivity index (χ2v) is 7.30. The highest BCUT2D eigenvalue weighted by Crippen LogP contribution is 2.25. The zero-order valence-corrected chi connectivity index (χ0v) is 17.0. The van der Waals surface area contributed by atoms with Gasteiger partial charge in [-0.05, 0) is 44.5 Å². The van der Waals surface area contributed by atoms with Crippen molar-refractivity contribution in [2.24, 2.45) is 0 Å². The molecule has 0 aliphatic heterocycles. The minimum atomic E-state index is -0.0709. The molecule has 0 saturated heterocycles. The number of rotatable bonds is 6. The van der Waals surface area contributed by atoms with Gasteiger partial charge in [-0.2, -0.15) is 10.2 Å². The van der Waals surface area contributed by atoms with Crippen molar-refractivity contribution in [3.05, 3.63) is 63.2 Å². The maximum Gasteiger partial charge on any atom is 0.226 e. The SMILES string of the molecule is Cc1ccn(CCC(=O)Nc2c(C)nn(Cc3ccc(Cl)cc3Cl)c2C)n1. The predicted octanol–water partition coefficient (Wildman–Crippen LogP) is 4.39. The molecule has 2 aromatic heterocycles. The Balaban J connectivity index is 1.68. The van der Waals surface area contributed by atoms with E-state index in [0.717, 1.165) is 28.3 Å². The van der Waals surface area contributed by atoms with Crippen molar-refractivity contribution in [1.82, 2.24) is 19.6 Å². The number of nitrogens with one attached hydrogen (secondary N) is 1. The minimum Gasteiger partial charge on any atom is -0.323 e. The molecule has 0 atom stereocenters. The van der Waals surface area contributed by atoms with Gasteiger partial charge < -0.3 is 5.32 Å². The van der Waals surface area contributed by atoms with Gasteiger partial charge in [-0.15, -0.1) is 0 Å². The van der Waals surface area contributed by atoms with Crippen LogP contribution < -0.4 is 5.32 Å². The van der Waals surface area contributed by atoms with Crippen LogP contribution in [0.2, 0.25) is 10.0 Å². The lowest BCUT2D eigenvalue weighted by Crippen LogP contribution is -2.16. The van der Waals surface area contributed by atoms with E-state index in [-0.39, 0.29) is 5.91 Å². The van der Waals surface area contributed by atoms with Crippen LogP contribution in [0.1, 0.15) is 29.1 Å². The Bertz CT molecular complexity index is 977. The number of hydrogen-bond acceptors (Lipinski definition) is 3. The highest BCUT2D eigenvalue weighted by molar-refractivity contribution is 6.35. The molecule has 0 saturated carbocycles. The van der Waals surface area contributed by atoms with Crippen LogP contribution >= 0.6 is 23.2 Å². The molecule has 0 bridgehead atoms. The summed E-state index contributed by atoms with van der Waals surface area (Å²) in [6, 6.07) is 7.31. The zero-order valence-electron chi connectivity index (χ0n) is 15.5. The molecule has 8 heteroatoms. The maximum atomic E-state index is 12.3. The van der Waals surface area contributed by atoms with Gasteiger partial charge in [0.1, 0.15) is 0 Å². The smallest absolute Gasteiger partial charge is 0.226 e. The van der Waals surface area contributed by atoms with Gasteiger partial charge in [0, 0.05) is 29.2 Å². The van der Waals surface area contributed by atoms with Gasteiger partial charge in [-0.1, -0.05) is 29.3 Å². The van der Waals surface area contributed by atoms with Crippen LogP contribution in [0, 0.1) is 20.8 Å². The minimum absolute atomic E-state index is 0.0709. The quantitative estimate of drug-likeness (QED) is 0.661. The molecule has 2 heterocycles. The summed E-state index contributed by atoms with van der Waals surface area (Å²) in [4.78, 5) is 12.3. The molecule has 1 aromatic carbocycles. The Kier molecular flexibility index (Phi) is 5.87. The van der Waals surface area contributed by atoms with Gasteiger partial charge in [0.25, 0.3) is 0 Å². The van der Waals surface area contributed by atoms with E-state index in [1.165, 1.54) is 0 Å². The normalized spacial score (nSPS) is 11.0. The van der Waals surface area contributed by atoms with E-state index < -0.39 is 0 Å². The zero-order chi connectivity index (χ0) is 19.6. The number of aromatic nitrogens is 4. The molecular formula is C19H21Cl2N5O. The van der Waals surface area contributed by atoms with E-state index in [9.17, 15) is 4.79 Å². The number of nitrogens with zero attached hydrogens (tertiary/aromatic N) is 4. The first-order valence-electron chi connectivity index (χ1n) is 8.61. The van der Waals surface area contributed by atoms with E-state index in [1.54, 1.807) is 16.8 Å². The highest BCUT2D eigenvalue weighted by Gasteiger charge is 2.15. The van der Waals surface area contributed by atoms with Gasteiger partial charge in [-0.25, -0.2) is 0 Å². The Labute approximate surface area is 168 Å². The fraction of sp³-hybridized carbons (Fsp3) is 0.316. The summed E-state index contributed by atoms with van der Waals surface area (Å²) in [7, 11) is 0. The van der Waals surface area contributed by atoms with E-state index in [2.05, 4.69) is 15.5 Å². The molecular weight excluding hydrogens is 385 g/mol. The molecule has 0 unspecified atom stereocenters. The average Bonchev–Trinajstić information content (AvgIpc) is 3.14. The average molecular weight is 406 g/mol. The molecule has 0 aliphatic rings. The third kappa shape index (κ3) is 4.70. The molecule has 0 spiro atoms. The molecule has 142 valence electrons. The lowest BCUT2D eigenvalue weighted by atomic mass is 10.2. The van der Waals surface area contributed by atoms with Crippen molar-refractivity contribution in [3.63, 3.8) is 0 Å². The molecule has 3 aromatic rings. The fourth-order valence-electron chi connectivity index (χ4n) is 2.85. The fourth-order valence-corrected chi connectivity index (χ4v) is 3.32. The van der Waals surface area contributed by atoms with Crippen LogP contribution in [-0.2, 0) is 17.9 Å². The molecule has 0 radical (unpaired) electrons. The van der Waals surface area contributed by atoms with Gasteiger partial charge in [0.2, 0.25) is 5.91 Å². The van der Waals surface area contributed by atoms with Crippen LogP contribution in [0.15, 0.2) is 30.5 Å². The second kappa shape index (κ2) is 8.15. The van der Waals surface area contributed by atoms with Gasteiger partial charge in [0.15, 0.2) is 0 Å². The van der Waals surface area contributed by atoms with E-state index in [1.807, 2.05) is 43.8 Å². The number of aryl methyl sites for hydroxylation is 3. The third-order valence-electron chi connectivity index (χ3n) is 4.32. The van der Waals surface area contributed by atoms with Gasteiger partial charge in [0.05, 0.1) is 29.3 Å². The Morgan fingerprint density at radius 2 is 1.93 bits per heavy atom. The van der Waals surface area contributed by atoms with Crippen molar-refractivity contribution in [1.29, 1.82) is 0 Å². The second-order valence-electron chi connectivity index (χ2n) is 6.46. The van der Waals surface area contributed by atoms with E-state index in [0.29, 0.717) is 29.6 Å². The van der Waals surface area contributed by atoms with E-state index in [4.69, 9.17) is 23.2 Å². The Hall–Kier alpha value is -2.31. The number of hydrogen-bond donors (Lipinski definition) is 1. The van der Waals surface area contributed by atoms with Crippen molar-refractivity contribution in [2.45, 2.75) is 40.3 Å². The summed E-state index contributed by atoms with van der Waals surface area (Å²) in [5, 5.41) is 13.0. The molecule has 1 N–H and O–H groups in total. The summed E-state index contributed by atoms with van der Waals surface area (Å²) in [5.41, 5.74) is 4.23. The Morgan fingerprint density at radius 3 is 2.59 bits per heavy atom. The van der Waals surface area contributed by atoms with Crippen LogP contribution in [0.3, 0.4) is 0 Å². The van der Waals surface area contributed by atoms with Crippen LogP contribution in [-0.4, -0.2) is 25.5 Å². The number of anilines is 1. The largest absolute Gasteiger partial charge is 0.323 e. The van der Waals surface area contributed by atoms with E-state index >= 15 is 0 Å². The highest BCUT2D eigenvalue weighted by atomic mass is 35.5. The molecule has 3 rings (SSSR count). The molecule has 0 aliphatic carbocycles. The number of carbonyl (C=O) groups is 1. The summed E-state index contributed by atoms with van der Waals surface area (Å²) < 4.78 is 3.59. The maximum absolute atomic E-state index is 12.3. The lowest BCUT2D eigenvalue weighted by molar-refractivity contribution is -0.116. The molecule has 0 fully saturated rings. The molecule has 27 heavy (non-hydrogen) atoms. The van der Waals surface area contributed by atoms with Crippen LogP contribution in [0.4, 0.5) is 5.69 Å². The summed E-state index contributed by atoms with van der Waals surface area (Å²) >= 11 is 12.2. The Morgan fingerprint density at radius 1 is 1.15 bits per heavy atom. The van der Waals surface area contributed by atoms with Gasteiger partial charge >= 0.3 is 0 Å². The van der Waals surface area contributed by atoms with Crippen LogP contribution in [0.5, 0.6) is 0 Å². The number of halogens is 2. The monoisotopic (exact) mass is 405 g/mol. The van der Waals surface area contributed by atoms with Crippen molar-refractivity contribution >= 4 is 34.8 Å². The topological polar surface area (TPSA) is 64.7 Å². The first-order chi connectivity index (χ1) is 12.8. The standard InChI is InChI=1S/C19H21Cl2N5O/c1-12-6-8-25(23-12)9-7-18(27)22-19-13(2)24-26(14(19)3)11-15-4-5-16(20)10-17(15)21/h4-6,8,10H,7,9,11H2,1-3H3,(H,22,27). The van der Waals surface area contributed by atoms with Crippen LogP contribution in [0.25, 0.3) is 0 Å². The predicted molar refractivity (Wildman–Crippen MR) is 107 cm³/mol.